The maximum atomic E-state index is 11.2. The van der Waals surface area contributed by atoms with Crippen LogP contribution in [0.3, 0.4) is 0 Å². The van der Waals surface area contributed by atoms with E-state index in [1.165, 1.54) is 23.1 Å². The van der Waals surface area contributed by atoms with Gasteiger partial charge in [0.25, 0.3) is 0 Å². The van der Waals surface area contributed by atoms with E-state index in [9.17, 15) is 5.11 Å². The number of hydrogen-bond acceptors (Lipinski definition) is 8. The number of hydrogen-bond donors (Lipinski definition) is 2. The summed E-state index contributed by atoms with van der Waals surface area (Å²) in [7, 11) is 2.12. The molecule has 1 saturated heterocycles. The van der Waals surface area contributed by atoms with Crippen molar-refractivity contribution in [3.05, 3.63) is 57.1 Å². The number of aromatic nitrogens is 3. The lowest BCUT2D eigenvalue weighted by Gasteiger charge is -2.46. The average Bonchev–Trinajstić information content (AvgIpc) is 3.31. The number of fused-ring (bicyclic) bond motifs is 2. The van der Waals surface area contributed by atoms with Crippen molar-refractivity contribution in [1.82, 2.24) is 19.9 Å². The largest absolute Gasteiger partial charge is 0.378 e. The van der Waals surface area contributed by atoms with Gasteiger partial charge in [-0.25, -0.2) is 9.97 Å². The van der Waals surface area contributed by atoms with Gasteiger partial charge in [0.05, 0.1) is 6.20 Å². The Hall–Kier alpha value is -2.26. The predicted molar refractivity (Wildman–Crippen MR) is 115 cm³/mol. The smallest absolute Gasteiger partial charge is 0.222 e. The number of nitrogens with zero attached hydrogens (tertiary/aromatic N) is 5. The second kappa shape index (κ2) is 6.37. The number of benzene rings is 1. The fourth-order valence-corrected chi connectivity index (χ4v) is 5.49. The number of halogens is 1. The van der Waals surface area contributed by atoms with E-state index in [4.69, 9.17) is 17.3 Å². The Morgan fingerprint density at radius 1 is 1.28 bits per heavy atom. The summed E-state index contributed by atoms with van der Waals surface area (Å²) < 4.78 is 0. The zero-order valence-corrected chi connectivity index (χ0v) is 17.7. The second-order valence-electron chi connectivity index (χ2n) is 8.08. The first kappa shape index (κ1) is 18.7. The van der Waals surface area contributed by atoms with Crippen molar-refractivity contribution in [2.45, 2.75) is 17.9 Å². The summed E-state index contributed by atoms with van der Waals surface area (Å²) in [6, 6.07) is 6.15. The number of thiazole rings is 1. The lowest BCUT2D eigenvalue weighted by Crippen LogP contribution is -2.59. The molecule has 7 nitrogen and oxygen atoms in total. The Balaban J connectivity index is 1.65. The minimum Gasteiger partial charge on any atom is -0.378 e. The number of likely N-dealkylation sites (tertiary alicyclic amines) is 1. The monoisotopic (exact) mass is 428 g/mol. The maximum absolute atomic E-state index is 11.2. The van der Waals surface area contributed by atoms with Gasteiger partial charge in [0.15, 0.2) is 5.82 Å². The molecule has 9 heteroatoms. The lowest BCUT2D eigenvalue weighted by molar-refractivity contribution is 0.101. The molecule has 4 heterocycles. The molecule has 3 N–H and O–H groups in total. The highest BCUT2D eigenvalue weighted by Gasteiger charge is 2.51. The van der Waals surface area contributed by atoms with Crippen LogP contribution in [0.5, 0.6) is 0 Å². The van der Waals surface area contributed by atoms with Crippen LogP contribution in [0.25, 0.3) is 0 Å². The minimum atomic E-state index is -1.19. The zero-order chi connectivity index (χ0) is 20.4. The SMILES string of the molecule is CN1CC2(C1)CN(c1nc(N)ncc1Cl)c1cc(C(C)(O)c3nccs3)ccc12. The molecule has 0 amide bonds. The average molecular weight is 429 g/mol. The van der Waals surface area contributed by atoms with Crippen LogP contribution in [0.4, 0.5) is 17.5 Å². The first-order chi connectivity index (χ1) is 13.8. The van der Waals surface area contributed by atoms with E-state index in [2.05, 4.69) is 37.9 Å². The normalized spacial score (nSPS) is 19.8. The number of nitrogen functional groups attached to an aromatic ring is 1. The first-order valence-corrected chi connectivity index (χ1v) is 10.6. The van der Waals surface area contributed by atoms with Crippen LogP contribution in [0.15, 0.2) is 36.0 Å². The number of anilines is 3. The van der Waals surface area contributed by atoms with Gasteiger partial charge in [-0.15, -0.1) is 11.3 Å². The van der Waals surface area contributed by atoms with Gasteiger partial charge in [-0.3, -0.25) is 0 Å². The van der Waals surface area contributed by atoms with E-state index in [1.807, 2.05) is 17.5 Å². The molecule has 2 aromatic heterocycles. The molecule has 150 valence electrons. The van der Waals surface area contributed by atoms with Crippen LogP contribution in [0.1, 0.15) is 23.1 Å². The molecule has 1 unspecified atom stereocenters. The lowest BCUT2D eigenvalue weighted by atomic mass is 9.75. The van der Waals surface area contributed by atoms with Gasteiger partial charge in [0.2, 0.25) is 5.95 Å². The van der Waals surface area contributed by atoms with E-state index >= 15 is 0 Å². The summed E-state index contributed by atoms with van der Waals surface area (Å²) in [6.45, 7) is 4.44. The summed E-state index contributed by atoms with van der Waals surface area (Å²) in [5.41, 5.74) is 7.69. The molecular weight excluding hydrogens is 408 g/mol. The summed E-state index contributed by atoms with van der Waals surface area (Å²) >= 11 is 7.88. The van der Waals surface area contributed by atoms with E-state index in [-0.39, 0.29) is 11.4 Å². The van der Waals surface area contributed by atoms with Crippen molar-refractivity contribution in [3.63, 3.8) is 0 Å². The van der Waals surface area contributed by atoms with Gasteiger partial charge >= 0.3 is 0 Å². The highest BCUT2D eigenvalue weighted by atomic mass is 35.5. The van der Waals surface area contributed by atoms with Gasteiger partial charge in [0.1, 0.15) is 15.6 Å². The fraction of sp³-hybridized carbons (Fsp3) is 0.350. The third-order valence-corrected chi connectivity index (χ3v) is 7.13. The molecule has 0 bridgehead atoms. The standard InChI is InChI=1S/C20H21ClN6OS/c1-19(28,17-23-5-6-29-17)12-3-4-13-15(7-12)27(11-20(13)9-26(2)10-20)16-14(21)8-24-18(22)25-16/h3-8,28H,9-11H2,1-2H3,(H2,22,24,25). The molecule has 1 atom stereocenters. The Labute approximate surface area is 177 Å². The molecule has 0 radical (unpaired) electrons. The number of nitrogens with two attached hydrogens (primary N) is 1. The Bertz CT molecular complexity index is 1080. The molecule has 1 fully saturated rings. The van der Waals surface area contributed by atoms with Crippen molar-refractivity contribution >= 4 is 40.4 Å². The van der Waals surface area contributed by atoms with Gasteiger partial charge in [-0.2, -0.15) is 4.98 Å². The van der Waals surface area contributed by atoms with Gasteiger partial charge < -0.3 is 20.6 Å². The summed E-state index contributed by atoms with van der Waals surface area (Å²) in [4.78, 5) is 17.1. The minimum absolute atomic E-state index is 0.0126. The highest BCUT2D eigenvalue weighted by molar-refractivity contribution is 7.09. The number of likely N-dealkylation sites (N-methyl/N-ethyl adjacent to an activating group) is 1. The van der Waals surface area contributed by atoms with Crippen LogP contribution in [-0.2, 0) is 11.0 Å². The quantitative estimate of drug-likeness (QED) is 0.662. The van der Waals surface area contributed by atoms with Crippen LogP contribution in [-0.4, -0.2) is 51.6 Å². The van der Waals surface area contributed by atoms with Crippen molar-refractivity contribution < 1.29 is 5.11 Å². The third-order valence-electron chi connectivity index (χ3n) is 5.88. The van der Waals surface area contributed by atoms with E-state index in [0.717, 1.165) is 30.9 Å². The van der Waals surface area contributed by atoms with E-state index in [1.54, 1.807) is 13.1 Å². The topological polar surface area (TPSA) is 91.4 Å². The van der Waals surface area contributed by atoms with E-state index < -0.39 is 5.60 Å². The molecule has 2 aliphatic heterocycles. The zero-order valence-electron chi connectivity index (χ0n) is 16.1. The summed E-state index contributed by atoms with van der Waals surface area (Å²) in [5.74, 6) is 0.779. The Kier molecular flexibility index (Phi) is 4.12. The van der Waals surface area contributed by atoms with Gasteiger partial charge in [-0.1, -0.05) is 23.7 Å². The molecule has 0 saturated carbocycles. The van der Waals surface area contributed by atoms with Crippen LogP contribution in [0.2, 0.25) is 5.02 Å². The molecule has 3 aromatic rings. The molecule has 5 rings (SSSR count). The molecule has 1 spiro atoms. The van der Waals surface area contributed by atoms with Gasteiger partial charge in [0, 0.05) is 42.3 Å². The van der Waals surface area contributed by atoms with Crippen LogP contribution < -0.4 is 10.6 Å². The van der Waals surface area contributed by atoms with Crippen molar-refractivity contribution in [2.24, 2.45) is 0 Å². The third kappa shape index (κ3) is 2.82. The summed E-state index contributed by atoms with van der Waals surface area (Å²) in [6.07, 6.45) is 3.24. The predicted octanol–water partition coefficient (Wildman–Crippen LogP) is 2.76. The summed E-state index contributed by atoms with van der Waals surface area (Å²) in [5, 5.41) is 14.2. The molecular formula is C20H21ClN6OS. The number of aliphatic hydroxyl groups is 1. The molecule has 0 aliphatic carbocycles. The highest BCUT2D eigenvalue weighted by Crippen LogP contribution is 2.50. The molecule has 29 heavy (non-hydrogen) atoms. The molecule has 2 aliphatic rings. The van der Waals surface area contributed by atoms with E-state index in [0.29, 0.717) is 15.8 Å². The molecule has 1 aromatic carbocycles. The number of rotatable bonds is 3. The van der Waals surface area contributed by atoms with Gasteiger partial charge in [-0.05, 0) is 31.2 Å². The van der Waals surface area contributed by atoms with Crippen molar-refractivity contribution in [3.8, 4) is 0 Å². The Morgan fingerprint density at radius 3 is 2.76 bits per heavy atom. The van der Waals surface area contributed by atoms with Crippen molar-refractivity contribution in [1.29, 1.82) is 0 Å². The second-order valence-corrected chi connectivity index (χ2v) is 9.38. The maximum Gasteiger partial charge on any atom is 0.222 e. The van der Waals surface area contributed by atoms with Crippen molar-refractivity contribution in [2.75, 3.05) is 37.3 Å². The first-order valence-electron chi connectivity index (χ1n) is 9.32. The van der Waals surface area contributed by atoms with Crippen LogP contribution >= 0.6 is 22.9 Å². The Morgan fingerprint density at radius 2 is 2.07 bits per heavy atom. The fourth-order valence-electron chi connectivity index (χ4n) is 4.57. The van der Waals surface area contributed by atoms with Crippen LogP contribution in [0, 0.1) is 0 Å².